The van der Waals surface area contributed by atoms with Crippen molar-refractivity contribution in [1.82, 2.24) is 24.6 Å². The molecule has 2 atom stereocenters. The minimum atomic E-state index is -0.0714. The highest BCUT2D eigenvalue weighted by atomic mass is 16.2. The number of hydrogen-bond acceptors (Lipinski definition) is 6. The van der Waals surface area contributed by atoms with Crippen molar-refractivity contribution >= 4 is 17.5 Å². The lowest BCUT2D eigenvalue weighted by Crippen LogP contribution is -2.31. The van der Waals surface area contributed by atoms with Crippen molar-refractivity contribution in [2.45, 2.75) is 31.3 Å². The average molecular weight is 341 g/mol. The fourth-order valence-electron chi connectivity index (χ4n) is 3.37. The van der Waals surface area contributed by atoms with Crippen molar-refractivity contribution in [3.05, 3.63) is 30.4 Å². The van der Waals surface area contributed by atoms with Crippen molar-refractivity contribution in [2.24, 2.45) is 13.0 Å². The number of anilines is 2. The average Bonchev–Trinajstić information content (AvgIpc) is 3.28. The number of carbonyl (C=O) groups is 1. The van der Waals surface area contributed by atoms with Gasteiger partial charge in [-0.3, -0.25) is 9.48 Å². The van der Waals surface area contributed by atoms with E-state index in [0.29, 0.717) is 6.42 Å². The van der Waals surface area contributed by atoms with Gasteiger partial charge in [0.2, 0.25) is 5.91 Å². The van der Waals surface area contributed by atoms with Gasteiger partial charge < -0.3 is 15.5 Å². The highest BCUT2D eigenvalue weighted by molar-refractivity contribution is 5.80. The first-order chi connectivity index (χ1) is 12.1. The van der Waals surface area contributed by atoms with Gasteiger partial charge in [-0.1, -0.05) is 0 Å². The number of likely N-dealkylation sites (N-methyl/N-ethyl adjacent to an activating group) is 1. The maximum atomic E-state index is 12.3. The summed E-state index contributed by atoms with van der Waals surface area (Å²) in [4.78, 5) is 22.6. The predicted octanol–water partition coefficient (Wildman–Crippen LogP) is 1.42. The summed E-state index contributed by atoms with van der Waals surface area (Å²) in [6.07, 6.45) is 6.34. The van der Waals surface area contributed by atoms with Gasteiger partial charge >= 0.3 is 0 Å². The highest BCUT2D eigenvalue weighted by Gasteiger charge is 2.40. The summed E-state index contributed by atoms with van der Waals surface area (Å²) in [6, 6.07) is 3.74. The number of rotatable bonds is 6. The molecular formula is C17H23N7O. The van der Waals surface area contributed by atoms with Gasteiger partial charge in [-0.05, 0) is 24.8 Å². The summed E-state index contributed by atoms with van der Waals surface area (Å²) in [6.45, 7) is 0.957. The molecule has 1 saturated heterocycles. The zero-order valence-corrected chi connectivity index (χ0v) is 14.5. The molecule has 1 aliphatic carbocycles. The van der Waals surface area contributed by atoms with E-state index < -0.39 is 0 Å². The molecule has 2 N–H and O–H groups in total. The summed E-state index contributed by atoms with van der Waals surface area (Å²) in [5, 5.41) is 11.0. The van der Waals surface area contributed by atoms with Gasteiger partial charge in [0.15, 0.2) is 0 Å². The van der Waals surface area contributed by atoms with Gasteiger partial charge in [-0.15, -0.1) is 0 Å². The summed E-state index contributed by atoms with van der Waals surface area (Å²) in [5.74, 6) is 2.44. The third-order valence-corrected chi connectivity index (χ3v) is 5.02. The van der Waals surface area contributed by atoms with Crippen molar-refractivity contribution in [3.63, 3.8) is 0 Å². The van der Waals surface area contributed by atoms with E-state index in [1.807, 2.05) is 30.9 Å². The monoisotopic (exact) mass is 341 g/mol. The Kier molecular flexibility index (Phi) is 4.03. The Hall–Kier alpha value is -2.64. The van der Waals surface area contributed by atoms with E-state index in [9.17, 15) is 4.79 Å². The van der Waals surface area contributed by atoms with Gasteiger partial charge in [0.1, 0.15) is 18.0 Å². The Morgan fingerprint density at radius 3 is 2.76 bits per heavy atom. The zero-order valence-electron chi connectivity index (χ0n) is 14.5. The van der Waals surface area contributed by atoms with Crippen molar-refractivity contribution in [3.8, 4) is 0 Å². The number of aryl methyl sites for hydroxylation is 1. The molecule has 2 aromatic rings. The maximum absolute atomic E-state index is 12.3. The molecule has 0 spiro atoms. The molecule has 2 aliphatic rings. The van der Waals surface area contributed by atoms with E-state index in [-0.39, 0.29) is 18.0 Å². The molecule has 8 heteroatoms. The Bertz CT molecular complexity index is 770. The first-order valence-corrected chi connectivity index (χ1v) is 8.68. The van der Waals surface area contributed by atoms with Gasteiger partial charge in [0.25, 0.3) is 0 Å². The van der Waals surface area contributed by atoms with Crippen LogP contribution in [0.1, 0.15) is 31.0 Å². The van der Waals surface area contributed by atoms with Gasteiger partial charge in [0, 0.05) is 39.3 Å². The molecule has 8 nitrogen and oxygen atoms in total. The number of amides is 1. The fraction of sp³-hybridized carbons (Fsp3) is 0.529. The number of nitrogens with zero attached hydrogens (tertiary/aromatic N) is 5. The molecule has 2 aromatic heterocycles. The Labute approximate surface area is 146 Å². The third-order valence-electron chi connectivity index (χ3n) is 5.02. The van der Waals surface area contributed by atoms with Gasteiger partial charge in [-0.2, -0.15) is 5.10 Å². The van der Waals surface area contributed by atoms with E-state index in [4.69, 9.17) is 0 Å². The largest absolute Gasteiger partial charge is 0.370 e. The predicted molar refractivity (Wildman–Crippen MR) is 94.0 cm³/mol. The zero-order chi connectivity index (χ0) is 17.4. The van der Waals surface area contributed by atoms with Crippen LogP contribution in [0, 0.1) is 5.92 Å². The molecular weight excluding hydrogens is 318 g/mol. The molecule has 1 saturated carbocycles. The first-order valence-electron chi connectivity index (χ1n) is 8.68. The van der Waals surface area contributed by atoms with Gasteiger partial charge in [-0.25, -0.2) is 9.97 Å². The second-order valence-corrected chi connectivity index (χ2v) is 6.90. The molecule has 3 heterocycles. The molecule has 25 heavy (non-hydrogen) atoms. The molecule has 0 aromatic carbocycles. The van der Waals surface area contributed by atoms with Crippen molar-refractivity contribution in [1.29, 1.82) is 0 Å². The lowest BCUT2D eigenvalue weighted by atomic mass is 10.1. The molecule has 0 radical (unpaired) electrons. The van der Waals surface area contributed by atoms with Crippen LogP contribution >= 0.6 is 0 Å². The minimum absolute atomic E-state index is 0.0564. The van der Waals surface area contributed by atoms with Crippen molar-refractivity contribution in [2.75, 3.05) is 24.2 Å². The van der Waals surface area contributed by atoms with Gasteiger partial charge in [0.05, 0.1) is 17.8 Å². The summed E-state index contributed by atoms with van der Waals surface area (Å²) in [7, 11) is 3.73. The molecule has 0 unspecified atom stereocenters. The standard InChI is InChI=1S/C17H23N7O/c1-23-16(25)7-12(17(23)13-5-6-21-24(13)2)22-15-8-14(19-10-20-15)18-9-11-3-4-11/h5-6,8,10-12,17H,3-4,7,9H2,1-2H3,(H2,18,19,20,22)/t12-,17-/m1/s1. The Morgan fingerprint density at radius 1 is 1.24 bits per heavy atom. The molecule has 0 bridgehead atoms. The lowest BCUT2D eigenvalue weighted by molar-refractivity contribution is -0.127. The topological polar surface area (TPSA) is 88.0 Å². The Morgan fingerprint density at radius 2 is 2.04 bits per heavy atom. The molecule has 2 fully saturated rings. The first kappa shape index (κ1) is 15.9. The van der Waals surface area contributed by atoms with Crippen molar-refractivity contribution < 1.29 is 4.79 Å². The molecule has 132 valence electrons. The SMILES string of the molecule is CN1C(=O)C[C@@H](Nc2cc(NCC3CC3)ncn2)[C@@H]1c1ccnn1C. The smallest absolute Gasteiger partial charge is 0.225 e. The van der Waals surface area contributed by atoms with Crippen LogP contribution < -0.4 is 10.6 Å². The fourth-order valence-corrected chi connectivity index (χ4v) is 3.37. The van der Waals surface area contributed by atoms with Crippen LogP contribution in [0.15, 0.2) is 24.7 Å². The van der Waals surface area contributed by atoms with E-state index >= 15 is 0 Å². The highest BCUT2D eigenvalue weighted by Crippen LogP contribution is 2.33. The summed E-state index contributed by atoms with van der Waals surface area (Å²) < 4.78 is 1.82. The second-order valence-electron chi connectivity index (χ2n) is 6.90. The van der Waals surface area contributed by atoms with Crippen LogP contribution in [0.2, 0.25) is 0 Å². The minimum Gasteiger partial charge on any atom is -0.370 e. The van der Waals surface area contributed by atoms with E-state index in [1.165, 1.54) is 12.8 Å². The second kappa shape index (κ2) is 6.34. The van der Waals surface area contributed by atoms with Crippen LogP contribution in [0.4, 0.5) is 11.6 Å². The van der Waals surface area contributed by atoms with E-state index in [1.54, 1.807) is 17.4 Å². The maximum Gasteiger partial charge on any atom is 0.225 e. The number of nitrogens with one attached hydrogen (secondary N) is 2. The Balaban J connectivity index is 1.51. The van der Waals surface area contributed by atoms with Crippen LogP contribution in [-0.4, -0.2) is 50.2 Å². The summed E-state index contributed by atoms with van der Waals surface area (Å²) >= 11 is 0. The van der Waals surface area contributed by atoms with Crippen LogP contribution in [-0.2, 0) is 11.8 Å². The van der Waals surface area contributed by atoms with Crippen LogP contribution in [0.5, 0.6) is 0 Å². The third kappa shape index (κ3) is 3.29. The lowest BCUT2D eigenvalue weighted by Gasteiger charge is -2.26. The number of likely N-dealkylation sites (tertiary alicyclic amines) is 1. The molecule has 1 aliphatic heterocycles. The van der Waals surface area contributed by atoms with Crippen LogP contribution in [0.3, 0.4) is 0 Å². The van der Waals surface area contributed by atoms with E-state index in [0.717, 1.165) is 29.8 Å². The summed E-state index contributed by atoms with van der Waals surface area (Å²) in [5.41, 5.74) is 1.01. The number of aromatic nitrogens is 4. The molecule has 1 amide bonds. The van der Waals surface area contributed by atoms with Crippen LogP contribution in [0.25, 0.3) is 0 Å². The normalized spacial score (nSPS) is 23.1. The number of hydrogen-bond donors (Lipinski definition) is 2. The van der Waals surface area contributed by atoms with E-state index in [2.05, 4.69) is 25.7 Å². The molecule has 4 rings (SSSR count). The number of carbonyl (C=O) groups excluding carboxylic acids is 1. The quantitative estimate of drug-likeness (QED) is 0.826.